The van der Waals surface area contributed by atoms with Crippen LogP contribution in [0.5, 0.6) is 0 Å². The first-order valence-corrected chi connectivity index (χ1v) is 7.11. The lowest BCUT2D eigenvalue weighted by molar-refractivity contribution is 0.597. The molecular formula is C18H12N4O. The Hall–Kier alpha value is -3.39. The van der Waals surface area contributed by atoms with Gasteiger partial charge in [0.2, 0.25) is 5.89 Å². The molecule has 110 valence electrons. The summed E-state index contributed by atoms with van der Waals surface area (Å²) in [6, 6.07) is 13.9. The Morgan fingerprint density at radius 2 is 1.96 bits per heavy atom. The molecule has 0 radical (unpaired) electrons. The van der Waals surface area contributed by atoms with Gasteiger partial charge in [0.25, 0.3) is 0 Å². The number of pyridine rings is 1. The Labute approximate surface area is 131 Å². The summed E-state index contributed by atoms with van der Waals surface area (Å²) in [5.41, 5.74) is 8.46. The Bertz CT molecular complexity index is 1170. The monoisotopic (exact) mass is 300 g/mol. The van der Waals surface area contributed by atoms with E-state index in [1.54, 1.807) is 0 Å². The van der Waals surface area contributed by atoms with Crippen LogP contribution in [-0.2, 0) is 0 Å². The number of nitrogen functional groups attached to an aromatic ring is 1. The SMILES string of the molecule is Cc1c2c(N)c(C#N)c(=N)nc-2oc2c1ccc1ccccc12. The third-order valence-electron chi connectivity index (χ3n) is 4.17. The van der Waals surface area contributed by atoms with E-state index < -0.39 is 0 Å². The molecule has 2 aliphatic heterocycles. The summed E-state index contributed by atoms with van der Waals surface area (Å²) < 4.78 is 5.98. The molecule has 2 aromatic carbocycles. The van der Waals surface area contributed by atoms with E-state index in [-0.39, 0.29) is 22.6 Å². The fourth-order valence-electron chi connectivity index (χ4n) is 3.01. The number of nitriles is 1. The molecule has 2 aromatic rings. The number of nitrogens with one attached hydrogen (secondary N) is 1. The first-order valence-electron chi connectivity index (χ1n) is 7.11. The molecular weight excluding hydrogens is 288 g/mol. The molecule has 0 fully saturated rings. The van der Waals surface area contributed by atoms with E-state index in [2.05, 4.69) is 4.98 Å². The molecule has 2 aliphatic rings. The van der Waals surface area contributed by atoms with Crippen LogP contribution >= 0.6 is 0 Å². The van der Waals surface area contributed by atoms with Gasteiger partial charge in [-0.2, -0.15) is 10.2 Å². The third kappa shape index (κ3) is 1.72. The van der Waals surface area contributed by atoms with Crippen molar-refractivity contribution < 1.29 is 4.42 Å². The lowest BCUT2D eigenvalue weighted by atomic mass is 9.98. The van der Waals surface area contributed by atoms with Crippen LogP contribution in [0.15, 0.2) is 40.8 Å². The molecule has 0 bridgehead atoms. The van der Waals surface area contributed by atoms with Crippen LogP contribution in [-0.4, -0.2) is 4.98 Å². The Kier molecular flexibility index (Phi) is 2.63. The van der Waals surface area contributed by atoms with Crippen LogP contribution in [0.2, 0.25) is 0 Å². The van der Waals surface area contributed by atoms with Crippen molar-refractivity contribution in [2.75, 3.05) is 5.73 Å². The fourth-order valence-corrected chi connectivity index (χ4v) is 3.01. The van der Waals surface area contributed by atoms with Crippen LogP contribution < -0.4 is 11.2 Å². The van der Waals surface area contributed by atoms with Crippen LogP contribution in [0.3, 0.4) is 0 Å². The van der Waals surface area contributed by atoms with Gasteiger partial charge in [0.05, 0.1) is 11.3 Å². The smallest absolute Gasteiger partial charge is 0.231 e. The minimum absolute atomic E-state index is 0.0796. The number of hydrogen-bond donors (Lipinski definition) is 2. The highest BCUT2D eigenvalue weighted by Gasteiger charge is 2.21. The number of benzene rings is 2. The highest BCUT2D eigenvalue weighted by molar-refractivity contribution is 6.07. The van der Waals surface area contributed by atoms with Gasteiger partial charge in [0.1, 0.15) is 17.2 Å². The zero-order chi connectivity index (χ0) is 16.1. The molecule has 5 heteroatoms. The fraction of sp³-hybridized carbons (Fsp3) is 0.0556. The van der Waals surface area contributed by atoms with E-state index in [9.17, 15) is 5.26 Å². The number of anilines is 1. The maximum atomic E-state index is 9.18. The molecule has 0 amide bonds. The second-order valence-corrected chi connectivity index (χ2v) is 5.43. The van der Waals surface area contributed by atoms with Crippen molar-refractivity contribution in [1.82, 2.24) is 4.98 Å². The topological polar surface area (TPSA) is 99.7 Å². The number of hydrogen-bond acceptors (Lipinski definition) is 5. The molecule has 0 atom stereocenters. The summed E-state index contributed by atoms with van der Waals surface area (Å²) in [6.07, 6.45) is 0. The van der Waals surface area contributed by atoms with Gasteiger partial charge in [-0.05, 0) is 17.9 Å². The number of rotatable bonds is 0. The summed E-state index contributed by atoms with van der Waals surface area (Å²) >= 11 is 0. The molecule has 0 aromatic heterocycles. The van der Waals surface area contributed by atoms with E-state index in [0.29, 0.717) is 11.1 Å². The van der Waals surface area contributed by atoms with Gasteiger partial charge in [-0.3, -0.25) is 5.41 Å². The van der Waals surface area contributed by atoms with Crippen molar-refractivity contribution in [3.63, 3.8) is 0 Å². The molecule has 0 saturated heterocycles. The maximum absolute atomic E-state index is 9.18. The summed E-state index contributed by atoms with van der Waals surface area (Å²) in [6.45, 7) is 1.93. The highest BCUT2D eigenvalue weighted by atomic mass is 16.3. The number of fused-ring (bicyclic) bond motifs is 4. The zero-order valence-electron chi connectivity index (χ0n) is 12.3. The van der Waals surface area contributed by atoms with Crippen molar-refractivity contribution >= 4 is 27.4 Å². The van der Waals surface area contributed by atoms with Gasteiger partial charge in [-0.1, -0.05) is 36.4 Å². The van der Waals surface area contributed by atoms with E-state index in [1.807, 2.05) is 49.4 Å². The summed E-state index contributed by atoms with van der Waals surface area (Å²) in [5.74, 6) is 0.285. The Morgan fingerprint density at radius 3 is 2.74 bits per heavy atom. The van der Waals surface area contributed by atoms with Crippen molar-refractivity contribution in [1.29, 1.82) is 10.7 Å². The molecule has 5 nitrogen and oxygen atoms in total. The Morgan fingerprint density at radius 1 is 1.17 bits per heavy atom. The number of aromatic nitrogens is 1. The molecule has 0 unspecified atom stereocenters. The molecule has 3 N–H and O–H groups in total. The first kappa shape index (κ1) is 13.3. The zero-order valence-corrected chi connectivity index (χ0v) is 12.3. The summed E-state index contributed by atoms with van der Waals surface area (Å²) in [5, 5.41) is 20.0. The lowest BCUT2D eigenvalue weighted by Crippen LogP contribution is -2.16. The van der Waals surface area contributed by atoms with E-state index >= 15 is 0 Å². The van der Waals surface area contributed by atoms with Crippen molar-refractivity contribution in [2.24, 2.45) is 0 Å². The average molecular weight is 300 g/mol. The predicted octanol–water partition coefficient (Wildman–Crippen LogP) is 3.33. The van der Waals surface area contributed by atoms with Gasteiger partial charge in [-0.25, -0.2) is 0 Å². The minimum Gasteiger partial charge on any atom is -0.437 e. The molecule has 2 heterocycles. The van der Waals surface area contributed by atoms with Crippen molar-refractivity contribution in [3.8, 4) is 17.5 Å². The lowest BCUT2D eigenvalue weighted by Gasteiger charge is -2.15. The highest BCUT2D eigenvalue weighted by Crippen LogP contribution is 2.38. The number of nitrogens with two attached hydrogens (primary N) is 1. The van der Waals surface area contributed by atoms with E-state index in [4.69, 9.17) is 15.6 Å². The largest absolute Gasteiger partial charge is 0.437 e. The predicted molar refractivity (Wildman–Crippen MR) is 87.9 cm³/mol. The third-order valence-corrected chi connectivity index (χ3v) is 4.17. The molecule has 4 rings (SSSR count). The van der Waals surface area contributed by atoms with Gasteiger partial charge in [0.15, 0.2) is 5.49 Å². The van der Waals surface area contributed by atoms with Gasteiger partial charge >= 0.3 is 0 Å². The van der Waals surface area contributed by atoms with Crippen molar-refractivity contribution in [3.05, 3.63) is 53.0 Å². The van der Waals surface area contributed by atoms with Gasteiger partial charge in [0, 0.05) is 10.8 Å². The van der Waals surface area contributed by atoms with Gasteiger partial charge in [-0.15, -0.1) is 0 Å². The molecule has 0 saturated carbocycles. The molecule has 0 spiro atoms. The van der Waals surface area contributed by atoms with Crippen LogP contribution in [0, 0.1) is 23.7 Å². The van der Waals surface area contributed by atoms with Crippen LogP contribution in [0.4, 0.5) is 5.69 Å². The number of aryl methyl sites for hydroxylation is 1. The standard InChI is InChI=1S/C18H12N4O/c1-9-11-7-6-10-4-2-3-5-12(10)16(11)23-18-14(9)15(20)13(8-19)17(21)22-18/h2-7,21H,20H2,1H3. The summed E-state index contributed by atoms with van der Waals surface area (Å²) in [7, 11) is 0. The van der Waals surface area contributed by atoms with Gasteiger partial charge < -0.3 is 10.2 Å². The summed E-state index contributed by atoms with van der Waals surface area (Å²) in [4.78, 5) is 4.12. The quantitative estimate of drug-likeness (QED) is 0.384. The second kappa shape index (κ2) is 4.55. The maximum Gasteiger partial charge on any atom is 0.231 e. The minimum atomic E-state index is -0.166. The van der Waals surface area contributed by atoms with Crippen molar-refractivity contribution in [2.45, 2.75) is 6.92 Å². The van der Waals surface area contributed by atoms with Crippen LogP contribution in [0.25, 0.3) is 33.2 Å². The second-order valence-electron chi connectivity index (χ2n) is 5.43. The van der Waals surface area contributed by atoms with Crippen LogP contribution in [0.1, 0.15) is 11.1 Å². The normalized spacial score (nSPS) is 11.1. The molecule has 23 heavy (non-hydrogen) atoms. The van der Waals surface area contributed by atoms with E-state index in [1.165, 1.54) is 0 Å². The first-order chi connectivity index (χ1) is 11.1. The Balaban J connectivity index is 2.30. The molecule has 0 aliphatic carbocycles. The van der Waals surface area contributed by atoms with E-state index in [0.717, 1.165) is 21.7 Å². The number of nitrogens with zero attached hydrogens (tertiary/aromatic N) is 2. The average Bonchev–Trinajstić information content (AvgIpc) is 2.54.